The van der Waals surface area contributed by atoms with Crippen molar-refractivity contribution < 1.29 is 19.5 Å². The zero-order valence-corrected chi connectivity index (χ0v) is 11.3. The van der Waals surface area contributed by atoms with E-state index in [0.717, 1.165) is 12.5 Å². The Balaban J connectivity index is 1.94. The minimum absolute atomic E-state index is 0.00931. The first-order valence-corrected chi connectivity index (χ1v) is 6.63. The number of benzene rings is 1. The van der Waals surface area contributed by atoms with Gasteiger partial charge in [0.15, 0.2) is 0 Å². The Morgan fingerprint density at radius 2 is 2.24 bits per heavy atom. The second kappa shape index (κ2) is 6.69. The van der Waals surface area contributed by atoms with Gasteiger partial charge in [-0.05, 0) is 30.2 Å². The molecule has 3 N–H and O–H groups in total. The predicted octanol–water partition coefficient (Wildman–Crippen LogP) is 0.793. The number of carbonyl (C=O) groups is 3. The van der Waals surface area contributed by atoms with E-state index in [1.165, 1.54) is 6.08 Å². The van der Waals surface area contributed by atoms with E-state index in [4.69, 9.17) is 5.11 Å². The molecule has 0 radical (unpaired) electrons. The molecule has 1 aromatic carbocycles. The van der Waals surface area contributed by atoms with Crippen LogP contribution in [-0.4, -0.2) is 35.5 Å². The van der Waals surface area contributed by atoms with Crippen LogP contribution in [0.15, 0.2) is 30.3 Å². The van der Waals surface area contributed by atoms with Crippen LogP contribution in [0.2, 0.25) is 0 Å². The third kappa shape index (κ3) is 4.45. The summed E-state index contributed by atoms with van der Waals surface area (Å²) in [5.74, 6) is -1.28. The fourth-order valence-corrected chi connectivity index (χ4v) is 2.10. The average Bonchev–Trinajstić information content (AvgIpc) is 2.88. The average molecular weight is 288 g/mol. The molecule has 1 aliphatic rings. The highest BCUT2D eigenvalue weighted by molar-refractivity contribution is 5.95. The molecule has 21 heavy (non-hydrogen) atoms. The van der Waals surface area contributed by atoms with Crippen molar-refractivity contribution >= 4 is 23.9 Å². The van der Waals surface area contributed by atoms with Crippen LogP contribution in [0.5, 0.6) is 0 Å². The summed E-state index contributed by atoms with van der Waals surface area (Å²) < 4.78 is 0. The largest absolute Gasteiger partial charge is 0.478 e. The summed E-state index contributed by atoms with van der Waals surface area (Å²) >= 11 is 0. The first-order chi connectivity index (χ1) is 10.0. The highest BCUT2D eigenvalue weighted by Crippen LogP contribution is 2.08. The molecule has 1 aromatic rings. The number of amides is 2. The molecule has 1 aliphatic heterocycles. The van der Waals surface area contributed by atoms with Crippen LogP contribution in [0.25, 0.3) is 6.08 Å². The van der Waals surface area contributed by atoms with Crippen LogP contribution in [0.1, 0.15) is 28.8 Å². The Hall–Kier alpha value is -2.63. The lowest BCUT2D eigenvalue weighted by molar-refractivity contribution is -0.131. The van der Waals surface area contributed by atoms with Crippen LogP contribution in [-0.2, 0) is 9.59 Å². The zero-order chi connectivity index (χ0) is 15.2. The van der Waals surface area contributed by atoms with Crippen molar-refractivity contribution in [1.82, 2.24) is 10.6 Å². The molecular weight excluding hydrogens is 272 g/mol. The molecule has 0 spiro atoms. The van der Waals surface area contributed by atoms with Crippen LogP contribution in [0, 0.1) is 0 Å². The summed E-state index contributed by atoms with van der Waals surface area (Å²) in [4.78, 5) is 33.5. The summed E-state index contributed by atoms with van der Waals surface area (Å²) in [7, 11) is 0. The van der Waals surface area contributed by atoms with E-state index < -0.39 is 5.97 Å². The van der Waals surface area contributed by atoms with E-state index in [2.05, 4.69) is 10.6 Å². The Bertz CT molecular complexity index is 595. The smallest absolute Gasteiger partial charge is 0.328 e. The number of carbonyl (C=O) groups excluding carboxylic acids is 2. The summed E-state index contributed by atoms with van der Waals surface area (Å²) in [6.07, 6.45) is 3.66. The fraction of sp³-hybridized carbons (Fsp3) is 0.267. The number of nitrogens with one attached hydrogen (secondary N) is 2. The van der Waals surface area contributed by atoms with Crippen LogP contribution < -0.4 is 10.6 Å². The van der Waals surface area contributed by atoms with Gasteiger partial charge in [0.25, 0.3) is 5.91 Å². The number of hydrogen-bond donors (Lipinski definition) is 3. The van der Waals surface area contributed by atoms with Crippen molar-refractivity contribution in [2.75, 3.05) is 6.54 Å². The molecule has 2 rings (SSSR count). The lowest BCUT2D eigenvalue weighted by Crippen LogP contribution is -2.38. The second-order valence-electron chi connectivity index (χ2n) is 4.81. The Morgan fingerprint density at radius 3 is 2.90 bits per heavy atom. The van der Waals surface area contributed by atoms with Gasteiger partial charge in [0, 0.05) is 30.6 Å². The summed E-state index contributed by atoms with van der Waals surface area (Å²) in [6.45, 7) is 0.389. The normalized spacial score (nSPS) is 17.7. The van der Waals surface area contributed by atoms with Gasteiger partial charge >= 0.3 is 5.97 Å². The third-order valence-electron chi connectivity index (χ3n) is 3.16. The molecule has 1 unspecified atom stereocenters. The quantitative estimate of drug-likeness (QED) is 0.698. The van der Waals surface area contributed by atoms with E-state index in [1.54, 1.807) is 24.3 Å². The zero-order valence-electron chi connectivity index (χ0n) is 11.3. The highest BCUT2D eigenvalue weighted by Gasteiger charge is 2.21. The molecule has 0 aromatic heterocycles. The van der Waals surface area contributed by atoms with Crippen molar-refractivity contribution in [3.05, 3.63) is 41.5 Å². The Labute approximate surface area is 121 Å². The number of rotatable bonds is 5. The monoisotopic (exact) mass is 288 g/mol. The first kappa shape index (κ1) is 14.8. The molecule has 6 heteroatoms. The van der Waals surface area contributed by atoms with Crippen LogP contribution in [0.3, 0.4) is 0 Å². The van der Waals surface area contributed by atoms with E-state index in [9.17, 15) is 14.4 Å². The molecule has 0 saturated carbocycles. The van der Waals surface area contributed by atoms with Crippen molar-refractivity contribution in [2.24, 2.45) is 0 Å². The SMILES string of the molecule is O=C(O)C=Cc1cccc(C(=O)NCC2CCC(=O)N2)c1. The summed E-state index contributed by atoms with van der Waals surface area (Å²) in [6, 6.07) is 6.65. The summed E-state index contributed by atoms with van der Waals surface area (Å²) in [5, 5.41) is 14.1. The molecule has 0 aliphatic carbocycles. The standard InChI is InChI=1S/C15H16N2O4/c18-13-6-5-12(17-13)9-16-15(21)11-3-1-2-10(8-11)4-7-14(19)20/h1-4,7-8,12H,5-6,9H2,(H,16,21)(H,17,18)(H,19,20). The molecule has 6 nitrogen and oxygen atoms in total. The van der Waals surface area contributed by atoms with Gasteiger partial charge < -0.3 is 15.7 Å². The number of hydrogen-bond acceptors (Lipinski definition) is 3. The van der Waals surface area contributed by atoms with Gasteiger partial charge in [-0.15, -0.1) is 0 Å². The minimum atomic E-state index is -1.04. The van der Waals surface area contributed by atoms with Crippen molar-refractivity contribution in [1.29, 1.82) is 0 Å². The highest BCUT2D eigenvalue weighted by atomic mass is 16.4. The number of aliphatic carboxylic acids is 1. The second-order valence-corrected chi connectivity index (χ2v) is 4.81. The molecule has 110 valence electrons. The lowest BCUT2D eigenvalue weighted by Gasteiger charge is -2.11. The van der Waals surface area contributed by atoms with E-state index >= 15 is 0 Å². The van der Waals surface area contributed by atoms with Gasteiger partial charge in [-0.2, -0.15) is 0 Å². The molecule has 2 amide bonds. The van der Waals surface area contributed by atoms with Gasteiger partial charge in [-0.3, -0.25) is 9.59 Å². The van der Waals surface area contributed by atoms with E-state index in [1.807, 2.05) is 0 Å². The predicted molar refractivity (Wildman–Crippen MR) is 76.6 cm³/mol. The van der Waals surface area contributed by atoms with Crippen molar-refractivity contribution in [3.8, 4) is 0 Å². The van der Waals surface area contributed by atoms with Gasteiger partial charge in [0.1, 0.15) is 0 Å². The van der Waals surface area contributed by atoms with Gasteiger partial charge in [0.05, 0.1) is 0 Å². The third-order valence-corrected chi connectivity index (χ3v) is 3.16. The van der Waals surface area contributed by atoms with E-state index in [0.29, 0.717) is 24.1 Å². The maximum atomic E-state index is 12.0. The number of carboxylic acid groups (broad SMARTS) is 1. The summed E-state index contributed by atoms with van der Waals surface area (Å²) in [5.41, 5.74) is 1.09. The maximum Gasteiger partial charge on any atom is 0.328 e. The Kier molecular flexibility index (Phi) is 4.71. The molecule has 1 fully saturated rings. The topological polar surface area (TPSA) is 95.5 Å². The molecule has 1 saturated heterocycles. The lowest BCUT2D eigenvalue weighted by atomic mass is 10.1. The van der Waals surface area contributed by atoms with Gasteiger partial charge in [-0.25, -0.2) is 4.79 Å². The molecule has 1 heterocycles. The minimum Gasteiger partial charge on any atom is -0.478 e. The fourth-order valence-electron chi connectivity index (χ4n) is 2.10. The van der Waals surface area contributed by atoms with E-state index in [-0.39, 0.29) is 17.9 Å². The van der Waals surface area contributed by atoms with Crippen molar-refractivity contribution in [3.63, 3.8) is 0 Å². The van der Waals surface area contributed by atoms with Gasteiger partial charge in [0.2, 0.25) is 5.91 Å². The van der Waals surface area contributed by atoms with Gasteiger partial charge in [-0.1, -0.05) is 12.1 Å². The maximum absolute atomic E-state index is 12.0. The van der Waals surface area contributed by atoms with Crippen LogP contribution in [0.4, 0.5) is 0 Å². The molecular formula is C15H16N2O4. The Morgan fingerprint density at radius 1 is 1.43 bits per heavy atom. The number of carboxylic acids is 1. The first-order valence-electron chi connectivity index (χ1n) is 6.63. The van der Waals surface area contributed by atoms with Crippen LogP contribution >= 0.6 is 0 Å². The molecule has 0 bridgehead atoms. The van der Waals surface area contributed by atoms with Crippen molar-refractivity contribution in [2.45, 2.75) is 18.9 Å². The molecule has 1 atom stereocenters.